The quantitative estimate of drug-likeness (QED) is 0.219. The zero-order valence-corrected chi connectivity index (χ0v) is 19.7. The number of benzene rings is 2. The molecule has 0 unspecified atom stereocenters. The van der Waals surface area contributed by atoms with E-state index >= 15 is 0 Å². The molecule has 0 aliphatic heterocycles. The van der Waals surface area contributed by atoms with Crippen LogP contribution in [0.25, 0.3) is 11.1 Å². The van der Waals surface area contributed by atoms with Gasteiger partial charge < -0.3 is 15.1 Å². The van der Waals surface area contributed by atoms with E-state index in [-0.39, 0.29) is 28.5 Å². The molecule has 2 aromatic heterocycles. The summed E-state index contributed by atoms with van der Waals surface area (Å²) in [7, 11) is 0. The Labute approximate surface area is 200 Å². The minimum atomic E-state index is -0.308. The Kier molecular flexibility index (Phi) is 6.74. The van der Waals surface area contributed by atoms with Crippen molar-refractivity contribution in [2.75, 3.05) is 16.4 Å². The van der Waals surface area contributed by atoms with Crippen molar-refractivity contribution >= 4 is 52.0 Å². The molecule has 4 rings (SSSR count). The van der Waals surface area contributed by atoms with Gasteiger partial charge in [-0.1, -0.05) is 42.1 Å². The van der Waals surface area contributed by atoms with Crippen molar-refractivity contribution in [2.45, 2.75) is 25.9 Å². The number of furan rings is 1. The van der Waals surface area contributed by atoms with Gasteiger partial charge in [-0.05, 0) is 45.0 Å². The van der Waals surface area contributed by atoms with Crippen molar-refractivity contribution in [2.24, 2.45) is 0 Å². The second-order valence-electron chi connectivity index (χ2n) is 7.61. The molecule has 0 bridgehead atoms. The van der Waals surface area contributed by atoms with Gasteiger partial charge in [0.25, 0.3) is 5.91 Å². The molecule has 2 N–H and O–H groups in total. The highest BCUT2D eigenvalue weighted by atomic mass is 32.2. The number of aryl methyl sites for hydroxylation is 2. The molecular formula is C25H22N4O4S. The fraction of sp³-hybridized carbons (Fsp3) is 0.160. The number of carbonyl (C=O) groups is 3. The first-order valence-corrected chi connectivity index (χ1v) is 11.5. The first-order valence-electron chi connectivity index (χ1n) is 10.5. The van der Waals surface area contributed by atoms with Crippen molar-refractivity contribution in [3.63, 3.8) is 0 Å². The van der Waals surface area contributed by atoms with Crippen LogP contribution in [-0.4, -0.2) is 33.3 Å². The summed E-state index contributed by atoms with van der Waals surface area (Å²) >= 11 is 1.11. The maximum atomic E-state index is 12.7. The number of amides is 2. The van der Waals surface area contributed by atoms with Crippen LogP contribution in [0.5, 0.6) is 0 Å². The Morgan fingerprint density at radius 1 is 0.941 bits per heavy atom. The van der Waals surface area contributed by atoms with E-state index in [4.69, 9.17) is 4.42 Å². The number of ketones is 1. The lowest BCUT2D eigenvalue weighted by Gasteiger charge is -2.09. The van der Waals surface area contributed by atoms with Crippen molar-refractivity contribution < 1.29 is 18.8 Å². The molecule has 8 nitrogen and oxygen atoms in total. The molecule has 0 saturated carbocycles. The fourth-order valence-corrected chi connectivity index (χ4v) is 3.93. The highest BCUT2D eigenvalue weighted by Gasteiger charge is 2.19. The van der Waals surface area contributed by atoms with Gasteiger partial charge in [0.15, 0.2) is 10.9 Å². The number of hydrogen-bond donors (Lipinski definition) is 2. The average Bonchev–Trinajstić information content (AvgIpc) is 3.11. The summed E-state index contributed by atoms with van der Waals surface area (Å²) in [6.07, 6.45) is 0. The van der Waals surface area contributed by atoms with E-state index in [2.05, 4.69) is 20.6 Å². The van der Waals surface area contributed by atoms with Gasteiger partial charge in [-0.25, -0.2) is 4.98 Å². The molecule has 0 aliphatic carbocycles. The summed E-state index contributed by atoms with van der Waals surface area (Å²) in [6, 6.07) is 15.5. The van der Waals surface area contributed by atoms with Crippen LogP contribution in [-0.2, 0) is 4.79 Å². The molecule has 0 aliphatic rings. The van der Waals surface area contributed by atoms with E-state index in [1.54, 1.807) is 48.5 Å². The van der Waals surface area contributed by atoms with Gasteiger partial charge in [0.1, 0.15) is 11.6 Å². The SMILES string of the molecule is CC(=O)c1cccc(NC(=O)CSc2nc(NC(=O)c3ccccc3)c3c(C)c(C)oc3n2)c1. The highest BCUT2D eigenvalue weighted by molar-refractivity contribution is 7.99. The van der Waals surface area contributed by atoms with Gasteiger partial charge in [0, 0.05) is 22.4 Å². The van der Waals surface area contributed by atoms with Crippen LogP contribution in [0.2, 0.25) is 0 Å². The molecule has 0 spiro atoms. The van der Waals surface area contributed by atoms with E-state index in [0.717, 1.165) is 17.3 Å². The van der Waals surface area contributed by atoms with E-state index in [1.165, 1.54) is 6.92 Å². The van der Waals surface area contributed by atoms with E-state index in [9.17, 15) is 14.4 Å². The minimum Gasteiger partial charge on any atom is -0.443 e. The van der Waals surface area contributed by atoms with Crippen molar-refractivity contribution in [3.05, 3.63) is 77.0 Å². The molecule has 34 heavy (non-hydrogen) atoms. The van der Waals surface area contributed by atoms with E-state index in [1.807, 2.05) is 19.9 Å². The minimum absolute atomic E-state index is 0.0283. The lowest BCUT2D eigenvalue weighted by atomic mass is 10.1. The molecule has 2 amide bonds. The summed E-state index contributed by atoms with van der Waals surface area (Å²) in [5.74, 6) is 0.353. The highest BCUT2D eigenvalue weighted by Crippen LogP contribution is 2.31. The molecule has 0 radical (unpaired) electrons. The number of rotatable bonds is 7. The van der Waals surface area contributed by atoms with Crippen LogP contribution in [0.15, 0.2) is 64.2 Å². The summed E-state index contributed by atoms with van der Waals surface area (Å²) in [5, 5.41) is 6.52. The third-order valence-electron chi connectivity index (χ3n) is 5.16. The predicted molar refractivity (Wildman–Crippen MR) is 131 cm³/mol. The molecule has 172 valence electrons. The van der Waals surface area contributed by atoms with Crippen LogP contribution >= 0.6 is 11.8 Å². The van der Waals surface area contributed by atoms with E-state index in [0.29, 0.717) is 39.5 Å². The summed E-state index contributed by atoms with van der Waals surface area (Å²) in [6.45, 7) is 5.16. The second-order valence-corrected chi connectivity index (χ2v) is 8.55. The molecule has 9 heteroatoms. The monoisotopic (exact) mass is 474 g/mol. The van der Waals surface area contributed by atoms with E-state index < -0.39 is 0 Å². The van der Waals surface area contributed by atoms with Gasteiger partial charge >= 0.3 is 0 Å². The number of thioether (sulfide) groups is 1. The van der Waals surface area contributed by atoms with Gasteiger partial charge in [-0.2, -0.15) is 4.98 Å². The largest absolute Gasteiger partial charge is 0.443 e. The Morgan fingerprint density at radius 3 is 2.41 bits per heavy atom. The molecule has 4 aromatic rings. The van der Waals surface area contributed by atoms with Crippen LogP contribution in [0, 0.1) is 13.8 Å². The summed E-state index contributed by atoms with van der Waals surface area (Å²) in [5.41, 5.74) is 2.71. The fourth-order valence-electron chi connectivity index (χ4n) is 3.30. The van der Waals surface area contributed by atoms with Crippen LogP contribution < -0.4 is 10.6 Å². The maximum absolute atomic E-state index is 12.7. The standard InChI is InChI=1S/C25H22N4O4S/c1-14-16(3)33-24-21(14)22(27-23(32)17-8-5-4-6-9-17)28-25(29-24)34-13-20(31)26-19-11-7-10-18(12-19)15(2)30/h4-12H,13H2,1-3H3,(H,26,31)(H,27,28,29,32). The number of nitrogens with one attached hydrogen (secondary N) is 2. The Bertz CT molecular complexity index is 1400. The number of carbonyl (C=O) groups excluding carboxylic acids is 3. The smallest absolute Gasteiger partial charge is 0.256 e. The third kappa shape index (κ3) is 5.15. The molecule has 2 heterocycles. The van der Waals surface area contributed by atoms with Crippen LogP contribution in [0.4, 0.5) is 11.5 Å². The lowest BCUT2D eigenvalue weighted by molar-refractivity contribution is -0.113. The molecular weight excluding hydrogens is 452 g/mol. The number of aromatic nitrogens is 2. The normalized spacial score (nSPS) is 10.8. The lowest BCUT2D eigenvalue weighted by Crippen LogP contribution is -2.15. The summed E-state index contributed by atoms with van der Waals surface area (Å²) in [4.78, 5) is 45.7. The first kappa shape index (κ1) is 23.2. The zero-order valence-electron chi connectivity index (χ0n) is 18.8. The number of hydrogen-bond acceptors (Lipinski definition) is 7. The Morgan fingerprint density at radius 2 is 1.68 bits per heavy atom. The predicted octanol–water partition coefficient (Wildman–Crippen LogP) is 5.03. The molecule has 0 fully saturated rings. The second kappa shape index (κ2) is 9.88. The molecule has 2 aromatic carbocycles. The molecule has 0 saturated heterocycles. The van der Waals surface area contributed by atoms with Gasteiger partial charge in [-0.15, -0.1) is 0 Å². The topological polar surface area (TPSA) is 114 Å². The Hall–Kier alpha value is -3.98. The number of fused-ring (bicyclic) bond motifs is 1. The van der Waals surface area contributed by atoms with Gasteiger partial charge in [-0.3, -0.25) is 14.4 Å². The number of anilines is 2. The van der Waals surface area contributed by atoms with Crippen LogP contribution in [0.1, 0.15) is 39.0 Å². The zero-order chi connectivity index (χ0) is 24.2. The van der Waals surface area contributed by atoms with Crippen molar-refractivity contribution in [1.82, 2.24) is 9.97 Å². The summed E-state index contributed by atoms with van der Waals surface area (Å²) < 4.78 is 5.76. The van der Waals surface area contributed by atoms with Crippen molar-refractivity contribution in [1.29, 1.82) is 0 Å². The Balaban J connectivity index is 1.53. The number of Topliss-reactive ketones (excluding diaryl/α,β-unsaturated/α-hetero) is 1. The van der Waals surface area contributed by atoms with Gasteiger partial charge in [0.05, 0.1) is 11.1 Å². The van der Waals surface area contributed by atoms with Gasteiger partial charge in [0.2, 0.25) is 11.6 Å². The average molecular weight is 475 g/mol. The maximum Gasteiger partial charge on any atom is 0.256 e. The molecule has 0 atom stereocenters. The third-order valence-corrected chi connectivity index (χ3v) is 6.01. The first-order chi connectivity index (χ1) is 16.3. The van der Waals surface area contributed by atoms with Crippen molar-refractivity contribution in [3.8, 4) is 0 Å². The number of nitrogens with zero attached hydrogens (tertiary/aromatic N) is 2. The van der Waals surface area contributed by atoms with Crippen LogP contribution in [0.3, 0.4) is 0 Å².